The summed E-state index contributed by atoms with van der Waals surface area (Å²) in [5.74, 6) is -2.25. The van der Waals surface area contributed by atoms with Crippen molar-refractivity contribution >= 4 is 23.5 Å². The first-order valence-electron chi connectivity index (χ1n) is 7.09. The Balaban J connectivity index is 1.70. The minimum Gasteiger partial charge on any atom is -0.454 e. The van der Waals surface area contributed by atoms with Crippen molar-refractivity contribution in [1.29, 1.82) is 0 Å². The fourth-order valence-electron chi connectivity index (χ4n) is 1.77. The van der Waals surface area contributed by atoms with E-state index in [1.807, 2.05) is 0 Å². The van der Waals surface area contributed by atoms with Crippen LogP contribution in [-0.2, 0) is 14.3 Å². The minimum absolute atomic E-state index is 0.214. The summed E-state index contributed by atoms with van der Waals surface area (Å²) in [6, 6.07) is 13.6. The number of esters is 1. The number of hydrogen-bond acceptors (Lipinski definition) is 4. The van der Waals surface area contributed by atoms with E-state index in [2.05, 4.69) is 10.6 Å². The van der Waals surface area contributed by atoms with Gasteiger partial charge >= 0.3 is 5.97 Å². The second kappa shape index (κ2) is 8.42. The van der Waals surface area contributed by atoms with Crippen LogP contribution in [0.4, 0.5) is 10.1 Å². The number of amides is 2. The highest BCUT2D eigenvalue weighted by Crippen LogP contribution is 2.04. The van der Waals surface area contributed by atoms with E-state index in [1.165, 1.54) is 12.1 Å². The Morgan fingerprint density at radius 2 is 1.62 bits per heavy atom. The van der Waals surface area contributed by atoms with Crippen LogP contribution in [0.2, 0.25) is 0 Å². The number of ether oxygens (including phenoxy) is 1. The van der Waals surface area contributed by atoms with Crippen molar-refractivity contribution in [2.75, 3.05) is 18.5 Å². The molecule has 2 aromatic carbocycles. The predicted octanol–water partition coefficient (Wildman–Crippen LogP) is 1.74. The standard InChI is InChI=1S/C17H15FN2O4/c18-13-8-6-12(7-9-13)17(23)19-10-16(22)24-11-15(21)20-14-4-2-1-3-5-14/h1-9H,10-11H2,(H,19,23)(H,20,21). The number of benzene rings is 2. The largest absolute Gasteiger partial charge is 0.454 e. The van der Waals surface area contributed by atoms with Crippen molar-refractivity contribution in [2.45, 2.75) is 0 Å². The van der Waals surface area contributed by atoms with Crippen LogP contribution < -0.4 is 10.6 Å². The summed E-state index contributed by atoms with van der Waals surface area (Å²) in [5.41, 5.74) is 0.800. The van der Waals surface area contributed by atoms with Gasteiger partial charge in [0.25, 0.3) is 11.8 Å². The van der Waals surface area contributed by atoms with E-state index in [1.54, 1.807) is 30.3 Å². The Labute approximate surface area is 137 Å². The molecule has 0 saturated carbocycles. The van der Waals surface area contributed by atoms with Gasteiger partial charge in [0.05, 0.1) is 0 Å². The SMILES string of the molecule is O=C(COC(=O)CNC(=O)c1ccc(F)cc1)Nc1ccccc1. The predicted molar refractivity (Wildman–Crippen MR) is 84.8 cm³/mol. The van der Waals surface area contributed by atoms with Crippen molar-refractivity contribution in [3.8, 4) is 0 Å². The third-order valence-electron chi connectivity index (χ3n) is 2.92. The van der Waals surface area contributed by atoms with E-state index in [0.29, 0.717) is 5.69 Å². The van der Waals surface area contributed by atoms with Gasteiger partial charge in [0.15, 0.2) is 6.61 Å². The Morgan fingerprint density at radius 1 is 0.958 bits per heavy atom. The molecule has 0 heterocycles. The van der Waals surface area contributed by atoms with Crippen molar-refractivity contribution < 1.29 is 23.5 Å². The smallest absolute Gasteiger partial charge is 0.325 e. The van der Waals surface area contributed by atoms with Crippen LogP contribution in [0.5, 0.6) is 0 Å². The monoisotopic (exact) mass is 330 g/mol. The molecule has 0 spiro atoms. The van der Waals surface area contributed by atoms with Crippen molar-refractivity contribution in [3.05, 3.63) is 66.0 Å². The number of anilines is 1. The first-order chi connectivity index (χ1) is 11.5. The molecule has 2 N–H and O–H groups in total. The normalized spacial score (nSPS) is 9.88. The third-order valence-corrected chi connectivity index (χ3v) is 2.92. The molecule has 0 radical (unpaired) electrons. The highest BCUT2D eigenvalue weighted by atomic mass is 19.1. The lowest BCUT2D eigenvalue weighted by atomic mass is 10.2. The molecular weight excluding hydrogens is 315 g/mol. The Morgan fingerprint density at radius 3 is 2.29 bits per heavy atom. The fourth-order valence-corrected chi connectivity index (χ4v) is 1.77. The maximum Gasteiger partial charge on any atom is 0.325 e. The van der Waals surface area contributed by atoms with E-state index >= 15 is 0 Å². The Hall–Kier alpha value is -3.22. The number of rotatable bonds is 6. The summed E-state index contributed by atoms with van der Waals surface area (Å²) in [6.07, 6.45) is 0. The number of carbonyl (C=O) groups excluding carboxylic acids is 3. The van der Waals surface area contributed by atoms with E-state index in [9.17, 15) is 18.8 Å². The van der Waals surface area contributed by atoms with Crippen LogP contribution in [0.1, 0.15) is 10.4 Å². The number of nitrogens with one attached hydrogen (secondary N) is 2. The first-order valence-corrected chi connectivity index (χ1v) is 7.09. The molecule has 0 atom stereocenters. The van der Waals surface area contributed by atoms with Crippen LogP contribution in [0.15, 0.2) is 54.6 Å². The molecule has 0 saturated heterocycles. The number of carbonyl (C=O) groups is 3. The Kier molecular flexibility index (Phi) is 6.01. The molecule has 0 aliphatic heterocycles. The Bertz CT molecular complexity index is 717. The molecule has 0 aliphatic carbocycles. The van der Waals surface area contributed by atoms with Gasteiger partial charge in [-0.05, 0) is 36.4 Å². The number of hydrogen-bond donors (Lipinski definition) is 2. The molecule has 124 valence electrons. The summed E-state index contributed by atoms with van der Waals surface area (Å²) in [6.45, 7) is -0.852. The number of para-hydroxylation sites is 1. The van der Waals surface area contributed by atoms with Crippen LogP contribution in [0, 0.1) is 5.82 Å². The van der Waals surface area contributed by atoms with Gasteiger partial charge in [-0.2, -0.15) is 0 Å². The molecule has 0 unspecified atom stereocenters. The van der Waals surface area contributed by atoms with E-state index in [0.717, 1.165) is 12.1 Å². The summed E-state index contributed by atoms with van der Waals surface area (Å²) < 4.78 is 17.5. The molecule has 2 amide bonds. The van der Waals surface area contributed by atoms with Crippen LogP contribution in [-0.4, -0.2) is 30.9 Å². The molecule has 7 heteroatoms. The molecule has 0 bridgehead atoms. The lowest BCUT2D eigenvalue weighted by Gasteiger charge is -2.07. The molecule has 0 aliphatic rings. The lowest BCUT2D eigenvalue weighted by Crippen LogP contribution is -2.32. The molecule has 0 aromatic heterocycles. The fraction of sp³-hybridized carbons (Fsp3) is 0.118. The topological polar surface area (TPSA) is 84.5 Å². The van der Waals surface area contributed by atoms with Crippen molar-refractivity contribution in [2.24, 2.45) is 0 Å². The van der Waals surface area contributed by atoms with E-state index in [-0.39, 0.29) is 5.56 Å². The van der Waals surface area contributed by atoms with Crippen LogP contribution in [0.25, 0.3) is 0 Å². The van der Waals surface area contributed by atoms with Gasteiger partial charge in [0.2, 0.25) is 0 Å². The maximum atomic E-state index is 12.8. The van der Waals surface area contributed by atoms with Crippen molar-refractivity contribution in [1.82, 2.24) is 5.32 Å². The zero-order valence-electron chi connectivity index (χ0n) is 12.6. The van der Waals surface area contributed by atoms with Crippen LogP contribution >= 0.6 is 0 Å². The highest BCUT2D eigenvalue weighted by molar-refractivity contribution is 5.96. The van der Waals surface area contributed by atoms with Gasteiger partial charge in [-0.1, -0.05) is 18.2 Å². The average molecular weight is 330 g/mol. The second-order valence-electron chi connectivity index (χ2n) is 4.76. The minimum atomic E-state index is -0.756. The van der Waals surface area contributed by atoms with Gasteiger partial charge < -0.3 is 15.4 Å². The number of halogens is 1. The molecule has 2 rings (SSSR count). The summed E-state index contributed by atoms with van der Waals surface area (Å²) >= 11 is 0. The molecule has 6 nitrogen and oxygen atoms in total. The maximum absolute atomic E-state index is 12.8. The third kappa shape index (κ3) is 5.53. The van der Waals surface area contributed by atoms with Gasteiger partial charge in [0.1, 0.15) is 12.4 Å². The molecular formula is C17H15FN2O4. The lowest BCUT2D eigenvalue weighted by molar-refractivity contribution is -0.146. The van der Waals surface area contributed by atoms with Gasteiger partial charge in [-0.15, -0.1) is 0 Å². The van der Waals surface area contributed by atoms with Crippen molar-refractivity contribution in [3.63, 3.8) is 0 Å². The van der Waals surface area contributed by atoms with Gasteiger partial charge in [0, 0.05) is 11.3 Å². The van der Waals surface area contributed by atoms with Gasteiger partial charge in [-0.3, -0.25) is 14.4 Å². The zero-order valence-corrected chi connectivity index (χ0v) is 12.6. The quantitative estimate of drug-likeness (QED) is 0.790. The summed E-state index contributed by atoms with van der Waals surface area (Å²) in [7, 11) is 0. The average Bonchev–Trinajstić information content (AvgIpc) is 2.59. The molecule has 24 heavy (non-hydrogen) atoms. The molecule has 0 fully saturated rings. The highest BCUT2D eigenvalue weighted by Gasteiger charge is 2.11. The summed E-state index contributed by atoms with van der Waals surface area (Å²) in [4.78, 5) is 34.8. The molecule has 2 aromatic rings. The van der Waals surface area contributed by atoms with Crippen LogP contribution in [0.3, 0.4) is 0 Å². The van der Waals surface area contributed by atoms with Gasteiger partial charge in [-0.25, -0.2) is 4.39 Å². The zero-order chi connectivity index (χ0) is 17.4. The summed E-state index contributed by atoms with van der Waals surface area (Å²) in [5, 5.41) is 4.88. The van der Waals surface area contributed by atoms with E-state index < -0.39 is 36.8 Å². The first kappa shape index (κ1) is 17.1. The van der Waals surface area contributed by atoms with E-state index in [4.69, 9.17) is 4.74 Å². The second-order valence-corrected chi connectivity index (χ2v) is 4.76.